The second-order valence-corrected chi connectivity index (χ2v) is 6.53. The third-order valence-electron chi connectivity index (χ3n) is 4.59. The van der Waals surface area contributed by atoms with Gasteiger partial charge in [-0.2, -0.15) is 0 Å². The summed E-state index contributed by atoms with van der Waals surface area (Å²) in [6, 6.07) is 1.29. The van der Waals surface area contributed by atoms with Gasteiger partial charge in [-0.15, -0.1) is 0 Å². The Labute approximate surface area is 120 Å². The van der Waals surface area contributed by atoms with Crippen molar-refractivity contribution >= 4 is 0 Å². The Balaban J connectivity index is 2.62. The van der Waals surface area contributed by atoms with Gasteiger partial charge in [0.05, 0.1) is 0 Å². The van der Waals surface area contributed by atoms with Gasteiger partial charge in [0, 0.05) is 38.4 Å². The molecular weight excluding hydrogens is 236 g/mol. The first kappa shape index (κ1) is 16.9. The van der Waals surface area contributed by atoms with E-state index in [1.807, 2.05) is 0 Å². The molecule has 1 N–H and O–H groups in total. The fourth-order valence-electron chi connectivity index (χ4n) is 3.19. The van der Waals surface area contributed by atoms with Gasteiger partial charge in [0.1, 0.15) is 0 Å². The van der Waals surface area contributed by atoms with Gasteiger partial charge in [0.25, 0.3) is 0 Å². The summed E-state index contributed by atoms with van der Waals surface area (Å²) in [5.74, 6) is 0. The van der Waals surface area contributed by atoms with E-state index in [1.54, 1.807) is 0 Å². The molecule has 1 fully saturated rings. The molecular formula is C16H34N2O. The SMILES string of the molecule is CCC(CC)N(C)CC1(CNC(C)C)CCOCC1. The van der Waals surface area contributed by atoms with Crippen LogP contribution in [0.25, 0.3) is 0 Å². The Morgan fingerprint density at radius 1 is 1.16 bits per heavy atom. The summed E-state index contributed by atoms with van der Waals surface area (Å²) in [6.45, 7) is 13.2. The Morgan fingerprint density at radius 3 is 2.21 bits per heavy atom. The molecule has 0 saturated carbocycles. The van der Waals surface area contributed by atoms with Gasteiger partial charge in [-0.05, 0) is 38.1 Å². The van der Waals surface area contributed by atoms with Crippen molar-refractivity contribution in [3.63, 3.8) is 0 Å². The number of hydrogen-bond donors (Lipinski definition) is 1. The predicted molar refractivity (Wildman–Crippen MR) is 82.6 cm³/mol. The molecule has 19 heavy (non-hydrogen) atoms. The van der Waals surface area contributed by atoms with Crippen molar-refractivity contribution in [1.29, 1.82) is 0 Å². The van der Waals surface area contributed by atoms with E-state index in [2.05, 4.69) is 45.0 Å². The monoisotopic (exact) mass is 270 g/mol. The zero-order valence-corrected chi connectivity index (χ0v) is 13.7. The summed E-state index contributed by atoms with van der Waals surface area (Å²) in [4.78, 5) is 2.58. The maximum Gasteiger partial charge on any atom is 0.0472 e. The number of ether oxygens (including phenoxy) is 1. The molecule has 3 nitrogen and oxygen atoms in total. The van der Waals surface area contributed by atoms with Gasteiger partial charge >= 0.3 is 0 Å². The molecule has 0 aromatic heterocycles. The number of nitrogens with zero attached hydrogens (tertiary/aromatic N) is 1. The third kappa shape index (κ3) is 5.41. The van der Waals surface area contributed by atoms with E-state index >= 15 is 0 Å². The zero-order chi connectivity index (χ0) is 14.3. The van der Waals surface area contributed by atoms with E-state index in [1.165, 1.54) is 32.2 Å². The van der Waals surface area contributed by atoms with Gasteiger partial charge < -0.3 is 15.0 Å². The molecule has 1 aliphatic heterocycles. The Morgan fingerprint density at radius 2 is 1.74 bits per heavy atom. The fourth-order valence-corrected chi connectivity index (χ4v) is 3.19. The Kier molecular flexibility index (Phi) is 7.33. The maximum atomic E-state index is 5.58. The highest BCUT2D eigenvalue weighted by Crippen LogP contribution is 2.31. The third-order valence-corrected chi connectivity index (χ3v) is 4.59. The fraction of sp³-hybridized carbons (Fsp3) is 1.00. The summed E-state index contributed by atoms with van der Waals surface area (Å²) >= 11 is 0. The highest BCUT2D eigenvalue weighted by atomic mass is 16.5. The molecule has 1 heterocycles. The van der Waals surface area contributed by atoms with Crippen molar-refractivity contribution < 1.29 is 4.74 Å². The largest absolute Gasteiger partial charge is 0.381 e. The molecule has 1 saturated heterocycles. The second kappa shape index (κ2) is 8.23. The van der Waals surface area contributed by atoms with Crippen LogP contribution in [-0.2, 0) is 4.74 Å². The van der Waals surface area contributed by atoms with E-state index in [0.717, 1.165) is 25.8 Å². The quantitative estimate of drug-likeness (QED) is 0.734. The van der Waals surface area contributed by atoms with Crippen LogP contribution in [0.15, 0.2) is 0 Å². The highest BCUT2D eigenvalue weighted by molar-refractivity contribution is 4.88. The van der Waals surface area contributed by atoms with E-state index in [-0.39, 0.29) is 0 Å². The van der Waals surface area contributed by atoms with Crippen molar-refractivity contribution in [3.05, 3.63) is 0 Å². The molecule has 0 radical (unpaired) electrons. The molecule has 0 atom stereocenters. The maximum absolute atomic E-state index is 5.58. The molecule has 0 spiro atoms. The minimum Gasteiger partial charge on any atom is -0.381 e. The minimum atomic E-state index is 0.403. The lowest BCUT2D eigenvalue weighted by Gasteiger charge is -2.42. The van der Waals surface area contributed by atoms with Crippen molar-refractivity contribution in [3.8, 4) is 0 Å². The minimum absolute atomic E-state index is 0.403. The molecule has 0 aromatic rings. The van der Waals surface area contributed by atoms with Crippen molar-refractivity contribution in [2.24, 2.45) is 5.41 Å². The molecule has 114 valence electrons. The summed E-state index contributed by atoms with van der Waals surface area (Å²) in [5.41, 5.74) is 0.403. The first-order valence-electron chi connectivity index (χ1n) is 8.04. The normalized spacial score (nSPS) is 19.6. The summed E-state index contributed by atoms with van der Waals surface area (Å²) < 4.78 is 5.58. The number of hydrogen-bond acceptors (Lipinski definition) is 3. The second-order valence-electron chi connectivity index (χ2n) is 6.53. The zero-order valence-electron chi connectivity index (χ0n) is 13.7. The predicted octanol–water partition coefficient (Wildman–Crippen LogP) is 2.90. The van der Waals surface area contributed by atoms with Crippen molar-refractivity contribution in [2.45, 2.75) is 65.5 Å². The van der Waals surface area contributed by atoms with E-state index < -0.39 is 0 Å². The first-order valence-corrected chi connectivity index (χ1v) is 8.04. The van der Waals surface area contributed by atoms with Crippen LogP contribution in [0, 0.1) is 5.41 Å². The molecule has 3 heteroatoms. The number of rotatable bonds is 8. The molecule has 0 aliphatic carbocycles. The van der Waals surface area contributed by atoms with Crippen LogP contribution in [0.4, 0.5) is 0 Å². The average Bonchev–Trinajstić information content (AvgIpc) is 2.39. The van der Waals surface area contributed by atoms with E-state index in [0.29, 0.717) is 11.5 Å². The Hall–Kier alpha value is -0.120. The summed E-state index contributed by atoms with van der Waals surface area (Å²) in [6.07, 6.45) is 4.88. The smallest absolute Gasteiger partial charge is 0.0472 e. The van der Waals surface area contributed by atoms with Crippen molar-refractivity contribution in [2.75, 3.05) is 33.4 Å². The summed E-state index contributed by atoms with van der Waals surface area (Å²) in [7, 11) is 2.30. The Bertz CT molecular complexity index is 233. The molecule has 0 amide bonds. The topological polar surface area (TPSA) is 24.5 Å². The molecule has 1 rings (SSSR count). The van der Waals surface area contributed by atoms with Crippen LogP contribution in [0.1, 0.15) is 53.4 Å². The van der Waals surface area contributed by atoms with Crippen LogP contribution < -0.4 is 5.32 Å². The molecule has 0 bridgehead atoms. The summed E-state index contributed by atoms with van der Waals surface area (Å²) in [5, 5.41) is 3.65. The van der Waals surface area contributed by atoms with Gasteiger partial charge in [-0.1, -0.05) is 27.7 Å². The van der Waals surface area contributed by atoms with E-state index in [4.69, 9.17) is 4.74 Å². The highest BCUT2D eigenvalue weighted by Gasteiger charge is 2.34. The molecule has 1 aliphatic rings. The van der Waals surface area contributed by atoms with Crippen LogP contribution in [-0.4, -0.2) is 50.3 Å². The lowest BCUT2D eigenvalue weighted by molar-refractivity contribution is -0.00806. The standard InChI is InChI=1S/C16H34N2O/c1-6-15(7-2)18(5)13-16(12-17-14(3)4)8-10-19-11-9-16/h14-15,17H,6-13H2,1-5H3. The lowest BCUT2D eigenvalue weighted by Crippen LogP contribution is -2.49. The van der Waals surface area contributed by atoms with Crippen LogP contribution in [0.5, 0.6) is 0 Å². The first-order chi connectivity index (χ1) is 9.03. The van der Waals surface area contributed by atoms with Crippen molar-refractivity contribution in [1.82, 2.24) is 10.2 Å². The van der Waals surface area contributed by atoms with Crippen LogP contribution in [0.2, 0.25) is 0 Å². The molecule has 0 unspecified atom stereocenters. The average molecular weight is 270 g/mol. The molecule has 0 aromatic carbocycles. The lowest BCUT2D eigenvalue weighted by atomic mass is 9.79. The van der Waals surface area contributed by atoms with Gasteiger partial charge in [-0.25, -0.2) is 0 Å². The van der Waals surface area contributed by atoms with Crippen LogP contribution in [0.3, 0.4) is 0 Å². The van der Waals surface area contributed by atoms with E-state index in [9.17, 15) is 0 Å². The van der Waals surface area contributed by atoms with Gasteiger partial charge in [-0.3, -0.25) is 0 Å². The van der Waals surface area contributed by atoms with Gasteiger partial charge in [0.15, 0.2) is 0 Å². The number of nitrogens with one attached hydrogen (secondary N) is 1. The van der Waals surface area contributed by atoms with Gasteiger partial charge in [0.2, 0.25) is 0 Å². The van der Waals surface area contributed by atoms with Crippen LogP contribution >= 0.6 is 0 Å².